The minimum atomic E-state index is -1.46. The lowest BCUT2D eigenvalue weighted by Gasteiger charge is -2.61. The molecule has 8 nitrogen and oxygen atoms in total. The Morgan fingerprint density at radius 2 is 1.71 bits per heavy atom. The van der Waals surface area contributed by atoms with E-state index in [1.165, 1.54) is 0 Å². The van der Waals surface area contributed by atoms with Crippen molar-refractivity contribution in [3.63, 3.8) is 0 Å². The quantitative estimate of drug-likeness (QED) is 0.228. The number of aliphatic hydroxyl groups excluding tert-OH is 3. The standard InChI is InChI=1S/C27H45NO7/c1-23(2,32)9-8-22(31)26(5,33)21-7-11-27(34)16-12-18(28-35)17-13-19(29)20(30)14-24(17,3)15(16)6-10-25(21,27)4/h12,15,17,19-22,29-35H,6-11,13-14H2,1-5H3/b28-18+/t15?,17-,19+,20-,21+,22+,24+,25+,26?,27+/m0/s1. The summed E-state index contributed by atoms with van der Waals surface area (Å²) >= 11 is 0. The first-order valence-electron chi connectivity index (χ1n) is 13.2. The molecule has 200 valence electrons. The maximum atomic E-state index is 12.3. The zero-order chi connectivity index (χ0) is 26.2. The Hall–Kier alpha value is -1.03. The number of hydrogen-bond acceptors (Lipinski definition) is 8. The molecule has 4 rings (SSSR count). The monoisotopic (exact) mass is 495 g/mol. The minimum Gasteiger partial charge on any atom is -0.411 e. The Balaban J connectivity index is 1.70. The molecule has 2 unspecified atom stereocenters. The summed E-state index contributed by atoms with van der Waals surface area (Å²) in [5.41, 5.74) is -3.66. The summed E-state index contributed by atoms with van der Waals surface area (Å²) in [6.07, 6.45) is 2.53. The second kappa shape index (κ2) is 8.50. The van der Waals surface area contributed by atoms with Crippen LogP contribution < -0.4 is 0 Å². The van der Waals surface area contributed by atoms with Crippen LogP contribution in [0.3, 0.4) is 0 Å². The highest BCUT2D eigenvalue weighted by molar-refractivity contribution is 5.99. The van der Waals surface area contributed by atoms with Crippen LogP contribution >= 0.6 is 0 Å². The Morgan fingerprint density at radius 3 is 2.31 bits per heavy atom. The van der Waals surface area contributed by atoms with Crippen LogP contribution in [-0.2, 0) is 0 Å². The van der Waals surface area contributed by atoms with Gasteiger partial charge in [-0.05, 0) is 101 Å². The molecule has 8 heteroatoms. The number of allylic oxidation sites excluding steroid dienone is 1. The third-order valence-electron chi connectivity index (χ3n) is 10.7. The van der Waals surface area contributed by atoms with E-state index in [9.17, 15) is 35.8 Å². The van der Waals surface area contributed by atoms with Crippen molar-refractivity contribution in [1.82, 2.24) is 0 Å². The van der Waals surface area contributed by atoms with Crippen LogP contribution in [0.15, 0.2) is 16.8 Å². The van der Waals surface area contributed by atoms with Crippen LogP contribution in [0, 0.1) is 28.6 Å². The predicted octanol–water partition coefficient (Wildman–Crippen LogP) is 2.12. The van der Waals surface area contributed by atoms with Crippen molar-refractivity contribution in [1.29, 1.82) is 0 Å². The normalized spacial score (nSPS) is 47.3. The van der Waals surface area contributed by atoms with Gasteiger partial charge in [0.1, 0.15) is 0 Å². The molecule has 0 spiro atoms. The van der Waals surface area contributed by atoms with Crippen molar-refractivity contribution in [2.75, 3.05) is 0 Å². The van der Waals surface area contributed by atoms with Crippen molar-refractivity contribution in [3.8, 4) is 0 Å². The summed E-state index contributed by atoms with van der Waals surface area (Å²) in [6, 6.07) is 0. The van der Waals surface area contributed by atoms with Crippen LogP contribution in [-0.4, -0.2) is 76.7 Å². The van der Waals surface area contributed by atoms with Gasteiger partial charge in [0.25, 0.3) is 0 Å². The van der Waals surface area contributed by atoms with Crippen molar-refractivity contribution in [3.05, 3.63) is 11.6 Å². The zero-order valence-electron chi connectivity index (χ0n) is 21.8. The van der Waals surface area contributed by atoms with Crippen LogP contribution in [0.2, 0.25) is 0 Å². The molecule has 35 heavy (non-hydrogen) atoms. The van der Waals surface area contributed by atoms with E-state index in [2.05, 4.69) is 12.1 Å². The molecule has 0 radical (unpaired) electrons. The molecule has 7 N–H and O–H groups in total. The highest BCUT2D eigenvalue weighted by Gasteiger charge is 2.68. The van der Waals surface area contributed by atoms with E-state index in [1.54, 1.807) is 26.8 Å². The van der Waals surface area contributed by atoms with E-state index in [0.29, 0.717) is 44.2 Å². The van der Waals surface area contributed by atoms with Crippen LogP contribution in [0.5, 0.6) is 0 Å². The average molecular weight is 496 g/mol. The summed E-state index contributed by atoms with van der Waals surface area (Å²) < 4.78 is 0. The van der Waals surface area contributed by atoms with Crippen LogP contribution in [0.4, 0.5) is 0 Å². The number of hydrogen-bond donors (Lipinski definition) is 7. The molecule has 0 heterocycles. The molecule has 10 atom stereocenters. The molecule has 0 aromatic heterocycles. The van der Waals surface area contributed by atoms with Gasteiger partial charge >= 0.3 is 0 Å². The lowest BCUT2D eigenvalue weighted by Crippen LogP contribution is -2.62. The first-order valence-corrected chi connectivity index (χ1v) is 13.2. The molecular formula is C27H45NO7. The van der Waals surface area contributed by atoms with E-state index in [-0.39, 0.29) is 24.2 Å². The Kier molecular flexibility index (Phi) is 6.56. The van der Waals surface area contributed by atoms with Crippen LogP contribution in [0.25, 0.3) is 0 Å². The van der Waals surface area contributed by atoms with Gasteiger partial charge < -0.3 is 35.8 Å². The molecule has 4 aliphatic rings. The maximum Gasteiger partial charge on any atom is 0.0920 e. The molecule has 0 aliphatic heterocycles. The van der Waals surface area contributed by atoms with Crippen LogP contribution in [0.1, 0.15) is 86.0 Å². The molecular weight excluding hydrogens is 450 g/mol. The smallest absolute Gasteiger partial charge is 0.0920 e. The molecule has 3 saturated carbocycles. The number of nitrogens with zero attached hydrogens (tertiary/aromatic N) is 1. The first-order chi connectivity index (χ1) is 16.0. The SMILES string of the molecule is CC(C)(O)CC[C@@H](O)C(C)(O)[C@@H]1CC[C@@]2(O)C3=C/C(=N\O)[C@@H]4C[C@@H](O)[C@@H](O)C[C@]4(C)C3CC[C@]12C. The van der Waals surface area contributed by atoms with Gasteiger partial charge in [-0.3, -0.25) is 0 Å². The van der Waals surface area contributed by atoms with Crippen molar-refractivity contribution in [2.24, 2.45) is 33.7 Å². The number of oxime groups is 1. The van der Waals surface area contributed by atoms with Gasteiger partial charge in [-0.15, -0.1) is 0 Å². The number of rotatable bonds is 5. The molecule has 0 amide bonds. The van der Waals surface area contributed by atoms with E-state index >= 15 is 0 Å². The van der Waals surface area contributed by atoms with Crippen molar-refractivity contribution in [2.45, 2.75) is 121 Å². The highest BCUT2D eigenvalue weighted by atomic mass is 16.4. The topological polar surface area (TPSA) is 154 Å². The third-order valence-corrected chi connectivity index (χ3v) is 10.7. The fraction of sp³-hybridized carbons (Fsp3) is 0.889. The lowest BCUT2D eigenvalue weighted by atomic mass is 9.45. The van der Waals surface area contributed by atoms with Crippen molar-refractivity contribution < 1.29 is 35.8 Å². The molecule has 3 fully saturated rings. The van der Waals surface area contributed by atoms with Gasteiger partial charge in [0, 0.05) is 11.3 Å². The third kappa shape index (κ3) is 3.99. The van der Waals surface area contributed by atoms with E-state index < -0.39 is 45.9 Å². The Bertz CT molecular complexity index is 894. The lowest BCUT2D eigenvalue weighted by molar-refractivity contribution is -0.172. The molecule has 0 aromatic rings. The largest absolute Gasteiger partial charge is 0.411 e. The molecule has 0 bridgehead atoms. The van der Waals surface area contributed by atoms with Crippen molar-refractivity contribution >= 4 is 5.71 Å². The van der Waals surface area contributed by atoms with Gasteiger partial charge in [-0.25, -0.2) is 0 Å². The minimum absolute atomic E-state index is 0.0537. The van der Waals surface area contributed by atoms with E-state index in [0.717, 1.165) is 12.0 Å². The van der Waals surface area contributed by atoms with Gasteiger partial charge in [0.15, 0.2) is 0 Å². The number of aliphatic hydroxyl groups is 6. The molecule has 4 aliphatic carbocycles. The summed E-state index contributed by atoms with van der Waals surface area (Å²) in [6.45, 7) is 9.04. The van der Waals surface area contributed by atoms with Gasteiger partial charge in [-0.1, -0.05) is 19.0 Å². The maximum absolute atomic E-state index is 12.3. The Labute approximate surface area is 208 Å². The Morgan fingerprint density at radius 1 is 1.06 bits per heavy atom. The average Bonchev–Trinajstić information content (AvgIpc) is 3.04. The zero-order valence-corrected chi connectivity index (χ0v) is 21.8. The summed E-state index contributed by atoms with van der Waals surface area (Å²) in [4.78, 5) is 0. The van der Waals surface area contributed by atoms with Gasteiger partial charge in [-0.2, -0.15) is 0 Å². The van der Waals surface area contributed by atoms with E-state index in [4.69, 9.17) is 0 Å². The van der Waals surface area contributed by atoms with E-state index in [1.807, 2.05) is 6.92 Å². The summed E-state index contributed by atoms with van der Waals surface area (Å²) in [7, 11) is 0. The summed E-state index contributed by atoms with van der Waals surface area (Å²) in [5, 5.41) is 79.3. The molecule has 0 saturated heterocycles. The first kappa shape index (κ1) is 27.0. The second-order valence-corrected chi connectivity index (χ2v) is 13.3. The summed E-state index contributed by atoms with van der Waals surface area (Å²) in [5.74, 6) is -0.656. The second-order valence-electron chi connectivity index (χ2n) is 13.3. The van der Waals surface area contributed by atoms with Gasteiger partial charge in [0.2, 0.25) is 0 Å². The fourth-order valence-corrected chi connectivity index (χ4v) is 8.44. The molecule has 0 aromatic carbocycles. The fourth-order valence-electron chi connectivity index (χ4n) is 8.44. The number of fused-ring (bicyclic) bond motifs is 5. The van der Waals surface area contributed by atoms with Gasteiger partial charge in [0.05, 0.1) is 40.8 Å². The predicted molar refractivity (Wildman–Crippen MR) is 131 cm³/mol. The highest BCUT2D eigenvalue weighted by Crippen LogP contribution is 2.68.